The molecule has 2 aromatic heterocycles. The summed E-state index contributed by atoms with van der Waals surface area (Å²) < 4.78 is 1.88. The Morgan fingerprint density at radius 2 is 2.05 bits per heavy atom. The van der Waals surface area contributed by atoms with Gasteiger partial charge in [0.15, 0.2) is 5.82 Å². The Morgan fingerprint density at radius 3 is 2.70 bits per heavy atom. The molecule has 2 heterocycles. The number of imidazole rings is 1. The van der Waals surface area contributed by atoms with Gasteiger partial charge in [0.2, 0.25) is 0 Å². The number of carboxylic acid groups (broad SMARTS) is 1. The van der Waals surface area contributed by atoms with Crippen LogP contribution in [0.3, 0.4) is 0 Å². The number of aromatic nitrogens is 4. The van der Waals surface area contributed by atoms with Crippen molar-refractivity contribution < 1.29 is 9.90 Å². The lowest BCUT2D eigenvalue weighted by atomic mass is 10.2. The highest BCUT2D eigenvalue weighted by Gasteiger charge is 2.13. The van der Waals surface area contributed by atoms with E-state index in [4.69, 9.17) is 5.11 Å². The molecule has 0 bridgehead atoms. The van der Waals surface area contributed by atoms with Gasteiger partial charge in [0, 0.05) is 13.2 Å². The van der Waals surface area contributed by atoms with Crippen molar-refractivity contribution in [3.05, 3.63) is 41.9 Å². The standard InChI is InChI=1S/C14H12N4O2/c1-8-6-16-11(7-15-8)13-17-10-5-9(14(19)20)3-4-12(10)18(13)2/h3-7H,1-2H3,(H,19,20). The van der Waals surface area contributed by atoms with Gasteiger partial charge in [-0.15, -0.1) is 0 Å². The van der Waals surface area contributed by atoms with E-state index in [0.717, 1.165) is 11.2 Å². The van der Waals surface area contributed by atoms with E-state index < -0.39 is 5.97 Å². The minimum absolute atomic E-state index is 0.220. The average molecular weight is 268 g/mol. The summed E-state index contributed by atoms with van der Waals surface area (Å²) in [4.78, 5) is 23.9. The highest BCUT2D eigenvalue weighted by Crippen LogP contribution is 2.22. The number of nitrogens with zero attached hydrogens (tertiary/aromatic N) is 4. The van der Waals surface area contributed by atoms with Gasteiger partial charge in [0.05, 0.1) is 28.5 Å². The molecule has 0 unspecified atom stereocenters. The molecule has 1 N–H and O–H groups in total. The Balaban J connectivity index is 2.19. The molecular formula is C14H12N4O2. The molecule has 0 amide bonds. The number of hydrogen-bond acceptors (Lipinski definition) is 4. The fourth-order valence-electron chi connectivity index (χ4n) is 2.07. The number of carbonyl (C=O) groups is 1. The summed E-state index contributed by atoms with van der Waals surface area (Å²) in [5.74, 6) is -0.302. The molecule has 0 atom stereocenters. The second kappa shape index (κ2) is 4.41. The van der Waals surface area contributed by atoms with E-state index in [1.54, 1.807) is 30.6 Å². The molecule has 0 radical (unpaired) electrons. The van der Waals surface area contributed by atoms with Gasteiger partial charge < -0.3 is 9.67 Å². The monoisotopic (exact) mass is 268 g/mol. The summed E-state index contributed by atoms with van der Waals surface area (Å²) >= 11 is 0. The van der Waals surface area contributed by atoms with Crippen LogP contribution in [-0.2, 0) is 7.05 Å². The Bertz CT molecular complexity index is 806. The summed E-state index contributed by atoms with van der Waals surface area (Å²) in [5.41, 5.74) is 3.20. The maximum absolute atomic E-state index is 11.0. The van der Waals surface area contributed by atoms with E-state index in [1.807, 2.05) is 18.5 Å². The third kappa shape index (κ3) is 1.91. The first-order valence-corrected chi connectivity index (χ1v) is 6.05. The van der Waals surface area contributed by atoms with Crippen molar-refractivity contribution in [3.63, 3.8) is 0 Å². The Labute approximate surface area is 114 Å². The molecule has 0 saturated heterocycles. The van der Waals surface area contributed by atoms with Gasteiger partial charge >= 0.3 is 5.97 Å². The van der Waals surface area contributed by atoms with Crippen LogP contribution in [0.5, 0.6) is 0 Å². The first-order valence-electron chi connectivity index (χ1n) is 6.05. The van der Waals surface area contributed by atoms with Gasteiger partial charge in [-0.05, 0) is 25.1 Å². The van der Waals surface area contributed by atoms with Crippen LogP contribution in [-0.4, -0.2) is 30.6 Å². The third-order valence-electron chi connectivity index (χ3n) is 3.14. The van der Waals surface area contributed by atoms with E-state index in [1.165, 1.54) is 0 Å². The normalized spacial score (nSPS) is 10.9. The molecular weight excluding hydrogens is 256 g/mol. The molecule has 1 aromatic carbocycles. The largest absolute Gasteiger partial charge is 0.478 e. The summed E-state index contributed by atoms with van der Waals surface area (Å²) in [6.45, 7) is 1.87. The number of rotatable bonds is 2. The summed E-state index contributed by atoms with van der Waals surface area (Å²) in [7, 11) is 1.87. The molecule has 0 spiro atoms. The molecule has 0 aliphatic rings. The fraction of sp³-hybridized carbons (Fsp3) is 0.143. The smallest absolute Gasteiger partial charge is 0.335 e. The van der Waals surface area contributed by atoms with Gasteiger partial charge in [-0.1, -0.05) is 0 Å². The second-order valence-electron chi connectivity index (χ2n) is 4.55. The van der Waals surface area contributed by atoms with E-state index in [0.29, 0.717) is 17.0 Å². The van der Waals surface area contributed by atoms with Crippen LogP contribution in [0.1, 0.15) is 16.1 Å². The van der Waals surface area contributed by atoms with Crippen LogP contribution >= 0.6 is 0 Å². The highest BCUT2D eigenvalue weighted by molar-refractivity contribution is 5.93. The average Bonchev–Trinajstić information content (AvgIpc) is 2.76. The van der Waals surface area contributed by atoms with Crippen molar-refractivity contribution in [2.75, 3.05) is 0 Å². The maximum atomic E-state index is 11.0. The van der Waals surface area contributed by atoms with Crippen molar-refractivity contribution in [2.45, 2.75) is 6.92 Å². The van der Waals surface area contributed by atoms with Gasteiger partial charge in [0.1, 0.15) is 5.69 Å². The minimum Gasteiger partial charge on any atom is -0.478 e. The molecule has 6 nitrogen and oxygen atoms in total. The number of aromatic carboxylic acids is 1. The van der Waals surface area contributed by atoms with Gasteiger partial charge in [0.25, 0.3) is 0 Å². The van der Waals surface area contributed by atoms with Crippen LogP contribution in [0.2, 0.25) is 0 Å². The molecule has 6 heteroatoms. The summed E-state index contributed by atoms with van der Waals surface area (Å²) in [6.07, 6.45) is 3.34. The van der Waals surface area contributed by atoms with Gasteiger partial charge in [-0.3, -0.25) is 4.98 Å². The minimum atomic E-state index is -0.964. The van der Waals surface area contributed by atoms with E-state index in [-0.39, 0.29) is 5.56 Å². The zero-order valence-electron chi connectivity index (χ0n) is 11.0. The number of carboxylic acids is 1. The predicted molar refractivity (Wildman–Crippen MR) is 73.4 cm³/mol. The zero-order chi connectivity index (χ0) is 14.3. The van der Waals surface area contributed by atoms with Crippen LogP contribution in [0, 0.1) is 6.92 Å². The van der Waals surface area contributed by atoms with Gasteiger partial charge in [-0.25, -0.2) is 14.8 Å². The lowest BCUT2D eigenvalue weighted by molar-refractivity contribution is 0.0697. The molecule has 0 fully saturated rings. The Hall–Kier alpha value is -2.76. The molecule has 3 rings (SSSR count). The summed E-state index contributed by atoms with van der Waals surface area (Å²) in [6, 6.07) is 4.87. The molecule has 100 valence electrons. The maximum Gasteiger partial charge on any atom is 0.335 e. The molecule has 0 aliphatic carbocycles. The van der Waals surface area contributed by atoms with Crippen molar-refractivity contribution in [2.24, 2.45) is 7.05 Å². The predicted octanol–water partition coefficient (Wildman–Crippen LogP) is 2.04. The number of fused-ring (bicyclic) bond motifs is 1. The number of aryl methyl sites for hydroxylation is 2. The van der Waals surface area contributed by atoms with Crippen LogP contribution in [0.25, 0.3) is 22.6 Å². The first kappa shape index (κ1) is 12.3. The molecule has 20 heavy (non-hydrogen) atoms. The zero-order valence-corrected chi connectivity index (χ0v) is 11.0. The van der Waals surface area contributed by atoms with Crippen molar-refractivity contribution in [1.29, 1.82) is 0 Å². The Kier molecular flexibility index (Phi) is 2.71. The molecule has 0 saturated carbocycles. The van der Waals surface area contributed by atoms with Crippen molar-refractivity contribution in [1.82, 2.24) is 19.5 Å². The lowest BCUT2D eigenvalue weighted by Crippen LogP contribution is -1.96. The van der Waals surface area contributed by atoms with E-state index in [9.17, 15) is 4.79 Å². The third-order valence-corrected chi connectivity index (χ3v) is 3.14. The van der Waals surface area contributed by atoms with E-state index in [2.05, 4.69) is 15.0 Å². The number of benzene rings is 1. The Morgan fingerprint density at radius 1 is 1.25 bits per heavy atom. The SMILES string of the molecule is Cc1cnc(-c2nc3cc(C(=O)O)ccc3n2C)cn1. The van der Waals surface area contributed by atoms with Gasteiger partial charge in [-0.2, -0.15) is 0 Å². The first-order chi connectivity index (χ1) is 9.56. The molecule has 0 aliphatic heterocycles. The highest BCUT2D eigenvalue weighted by atomic mass is 16.4. The topological polar surface area (TPSA) is 80.9 Å². The van der Waals surface area contributed by atoms with Crippen LogP contribution < -0.4 is 0 Å². The summed E-state index contributed by atoms with van der Waals surface area (Å²) in [5, 5.41) is 9.01. The van der Waals surface area contributed by atoms with E-state index >= 15 is 0 Å². The van der Waals surface area contributed by atoms with Crippen molar-refractivity contribution >= 4 is 17.0 Å². The van der Waals surface area contributed by atoms with Crippen LogP contribution in [0.15, 0.2) is 30.6 Å². The second-order valence-corrected chi connectivity index (χ2v) is 4.55. The lowest BCUT2D eigenvalue weighted by Gasteiger charge is -2.01. The number of hydrogen-bond donors (Lipinski definition) is 1. The quantitative estimate of drug-likeness (QED) is 0.769. The fourth-order valence-corrected chi connectivity index (χ4v) is 2.07. The van der Waals surface area contributed by atoms with Crippen LogP contribution in [0.4, 0.5) is 0 Å². The van der Waals surface area contributed by atoms with Crippen molar-refractivity contribution in [3.8, 4) is 11.5 Å². The molecule has 3 aromatic rings.